The molecule has 96 valence electrons. The van der Waals surface area contributed by atoms with Gasteiger partial charge in [0.15, 0.2) is 6.71 Å². The van der Waals surface area contributed by atoms with E-state index in [2.05, 4.69) is 36.2 Å². The van der Waals surface area contributed by atoms with Gasteiger partial charge in [-0.3, -0.25) is 0 Å². The summed E-state index contributed by atoms with van der Waals surface area (Å²) in [4.78, 5) is 12.0. The number of carbonyl (C=O) groups is 1. The van der Waals surface area contributed by atoms with Crippen LogP contribution in [0.25, 0.3) is 0 Å². The molecule has 0 spiro atoms. The zero-order chi connectivity index (χ0) is 13.0. The Morgan fingerprint density at radius 1 is 1.67 bits per heavy atom. The number of allylic oxidation sites excluding steroid dienone is 1. The van der Waals surface area contributed by atoms with Crippen LogP contribution in [0.5, 0.6) is 0 Å². The van der Waals surface area contributed by atoms with Crippen LogP contribution in [-0.2, 0) is 11.2 Å². The van der Waals surface area contributed by atoms with Crippen molar-refractivity contribution in [2.45, 2.75) is 44.3 Å². The van der Waals surface area contributed by atoms with E-state index in [1.165, 1.54) is 4.88 Å². The number of thiophene rings is 1. The Morgan fingerprint density at radius 3 is 3.17 bits per heavy atom. The Balaban J connectivity index is 1.83. The number of nitrogens with one attached hydrogen (secondary N) is 1. The lowest BCUT2D eigenvalue weighted by atomic mass is 9.41. The Labute approximate surface area is 114 Å². The second-order valence-electron chi connectivity index (χ2n) is 5.21. The summed E-state index contributed by atoms with van der Waals surface area (Å²) >= 11 is 1.77. The standard InChI is InChI=1S/C14H20BNOS/c1-11(10-13-4-3-9-18-13)16-14-6-5-12(7-8-17)15(14)2/h3-4,8-9,12,14,16H,1,5-7,10H2,2H3. The van der Waals surface area contributed by atoms with Crippen LogP contribution in [0.1, 0.15) is 24.1 Å². The molecule has 0 bridgehead atoms. The first-order valence-electron chi connectivity index (χ1n) is 6.61. The lowest BCUT2D eigenvalue weighted by molar-refractivity contribution is -0.107. The monoisotopic (exact) mass is 261 g/mol. The van der Waals surface area contributed by atoms with Crippen molar-refractivity contribution in [2.75, 3.05) is 0 Å². The molecule has 2 rings (SSSR count). The molecule has 1 aliphatic heterocycles. The van der Waals surface area contributed by atoms with Gasteiger partial charge in [0.05, 0.1) is 0 Å². The summed E-state index contributed by atoms with van der Waals surface area (Å²) in [5.74, 6) is 1.04. The number of hydrogen-bond acceptors (Lipinski definition) is 3. The van der Waals surface area contributed by atoms with E-state index < -0.39 is 0 Å². The second kappa shape index (κ2) is 6.23. The van der Waals surface area contributed by atoms with E-state index in [9.17, 15) is 4.79 Å². The minimum atomic E-state index is 0.488. The number of carbonyl (C=O) groups excluding carboxylic acids is 1. The molecular formula is C14H20BNOS. The highest BCUT2D eigenvalue weighted by Gasteiger charge is 2.35. The van der Waals surface area contributed by atoms with Crippen LogP contribution in [-0.4, -0.2) is 18.9 Å². The fourth-order valence-electron chi connectivity index (χ4n) is 2.84. The van der Waals surface area contributed by atoms with E-state index in [4.69, 9.17) is 0 Å². The van der Waals surface area contributed by atoms with Crippen molar-refractivity contribution in [3.05, 3.63) is 34.7 Å². The minimum Gasteiger partial charge on any atom is -0.393 e. The van der Waals surface area contributed by atoms with Crippen LogP contribution in [0.3, 0.4) is 0 Å². The number of rotatable bonds is 6. The van der Waals surface area contributed by atoms with Gasteiger partial charge in [-0.1, -0.05) is 31.7 Å². The molecule has 18 heavy (non-hydrogen) atoms. The van der Waals surface area contributed by atoms with Crippen molar-refractivity contribution in [3.8, 4) is 0 Å². The molecule has 2 heterocycles. The maximum atomic E-state index is 10.6. The maximum Gasteiger partial charge on any atom is 0.167 e. The van der Waals surface area contributed by atoms with Gasteiger partial charge in [0.25, 0.3) is 0 Å². The van der Waals surface area contributed by atoms with Gasteiger partial charge in [0.1, 0.15) is 6.29 Å². The first-order chi connectivity index (χ1) is 8.70. The summed E-state index contributed by atoms with van der Waals surface area (Å²) < 4.78 is 0. The van der Waals surface area contributed by atoms with Crippen LogP contribution >= 0.6 is 11.3 Å². The lowest BCUT2D eigenvalue weighted by Gasteiger charge is -2.20. The number of hydrogen-bond donors (Lipinski definition) is 1. The molecule has 1 aromatic rings. The summed E-state index contributed by atoms with van der Waals surface area (Å²) in [7, 11) is 0. The van der Waals surface area contributed by atoms with Crippen LogP contribution in [0.15, 0.2) is 29.8 Å². The molecule has 0 saturated carbocycles. The average molecular weight is 261 g/mol. The van der Waals surface area contributed by atoms with Gasteiger partial charge in [-0.2, -0.15) is 0 Å². The molecule has 0 aromatic carbocycles. The fraction of sp³-hybridized carbons (Fsp3) is 0.500. The van der Waals surface area contributed by atoms with Crippen molar-refractivity contribution in [1.82, 2.24) is 5.32 Å². The first-order valence-corrected chi connectivity index (χ1v) is 7.49. The van der Waals surface area contributed by atoms with Crippen molar-refractivity contribution in [1.29, 1.82) is 0 Å². The van der Waals surface area contributed by atoms with Crippen LogP contribution in [0.4, 0.5) is 0 Å². The highest BCUT2D eigenvalue weighted by Crippen LogP contribution is 2.32. The summed E-state index contributed by atoms with van der Waals surface area (Å²) in [5, 5.41) is 5.65. The molecule has 1 fully saturated rings. The normalized spacial score (nSPS) is 23.1. The molecule has 0 radical (unpaired) electrons. The van der Waals surface area contributed by atoms with E-state index in [0.29, 0.717) is 24.9 Å². The number of aldehydes is 1. The van der Waals surface area contributed by atoms with Gasteiger partial charge >= 0.3 is 0 Å². The van der Waals surface area contributed by atoms with E-state index >= 15 is 0 Å². The van der Waals surface area contributed by atoms with Gasteiger partial charge in [-0.05, 0) is 24.3 Å². The molecule has 1 N–H and O–H groups in total. The third kappa shape index (κ3) is 3.25. The van der Waals surface area contributed by atoms with E-state index in [0.717, 1.165) is 31.2 Å². The van der Waals surface area contributed by atoms with Gasteiger partial charge in [-0.25, -0.2) is 0 Å². The van der Waals surface area contributed by atoms with Gasteiger partial charge in [-0.15, -0.1) is 11.3 Å². The highest BCUT2D eigenvalue weighted by atomic mass is 32.1. The summed E-state index contributed by atoms with van der Waals surface area (Å²) in [5.41, 5.74) is 1.10. The average Bonchev–Trinajstić information content (AvgIpc) is 2.94. The lowest BCUT2D eigenvalue weighted by Crippen LogP contribution is -2.38. The molecule has 0 aliphatic carbocycles. The third-order valence-electron chi connectivity index (χ3n) is 3.98. The minimum absolute atomic E-state index is 0.488. The quantitative estimate of drug-likeness (QED) is 0.629. The van der Waals surface area contributed by atoms with Crippen molar-refractivity contribution >= 4 is 24.3 Å². The van der Waals surface area contributed by atoms with Gasteiger partial charge < -0.3 is 10.1 Å². The molecule has 2 nitrogen and oxygen atoms in total. The van der Waals surface area contributed by atoms with Gasteiger partial charge in [0, 0.05) is 22.9 Å². The van der Waals surface area contributed by atoms with E-state index in [1.807, 2.05) is 0 Å². The second-order valence-corrected chi connectivity index (χ2v) is 6.24. The molecule has 2 unspecified atom stereocenters. The fourth-order valence-corrected chi connectivity index (χ4v) is 3.59. The highest BCUT2D eigenvalue weighted by molar-refractivity contribution is 7.09. The third-order valence-corrected chi connectivity index (χ3v) is 4.86. The largest absolute Gasteiger partial charge is 0.393 e. The molecule has 0 amide bonds. The molecule has 2 atom stereocenters. The summed E-state index contributed by atoms with van der Waals surface area (Å²) in [6.45, 7) is 6.94. The Morgan fingerprint density at radius 2 is 2.50 bits per heavy atom. The van der Waals surface area contributed by atoms with Crippen molar-refractivity contribution in [3.63, 3.8) is 0 Å². The summed E-state index contributed by atoms with van der Waals surface area (Å²) in [6, 6.07) is 4.22. The molecular weight excluding hydrogens is 241 g/mol. The van der Waals surface area contributed by atoms with Crippen molar-refractivity contribution in [2.24, 2.45) is 0 Å². The van der Waals surface area contributed by atoms with E-state index in [-0.39, 0.29) is 0 Å². The van der Waals surface area contributed by atoms with Gasteiger partial charge in [0.2, 0.25) is 0 Å². The Bertz CT molecular complexity index is 404. The molecule has 1 saturated heterocycles. The predicted molar refractivity (Wildman–Crippen MR) is 79.4 cm³/mol. The van der Waals surface area contributed by atoms with Crippen LogP contribution < -0.4 is 5.32 Å². The molecule has 1 aromatic heterocycles. The smallest absolute Gasteiger partial charge is 0.167 e. The van der Waals surface area contributed by atoms with Crippen LogP contribution in [0, 0.1) is 0 Å². The molecule has 4 heteroatoms. The van der Waals surface area contributed by atoms with E-state index in [1.54, 1.807) is 11.3 Å². The SMILES string of the molecule is C=C(Cc1cccs1)NC1CCC(CC=O)B1C. The maximum absolute atomic E-state index is 10.6. The zero-order valence-electron chi connectivity index (χ0n) is 10.9. The zero-order valence-corrected chi connectivity index (χ0v) is 11.7. The topological polar surface area (TPSA) is 29.1 Å². The van der Waals surface area contributed by atoms with Crippen molar-refractivity contribution < 1.29 is 4.79 Å². The summed E-state index contributed by atoms with van der Waals surface area (Å²) in [6.07, 6.45) is 4.99. The Hall–Kier alpha value is -1.03. The molecule has 1 aliphatic rings. The first kappa shape index (κ1) is 13.4. The van der Waals surface area contributed by atoms with Crippen LogP contribution in [0.2, 0.25) is 12.6 Å². The predicted octanol–water partition coefficient (Wildman–Crippen LogP) is 3.18. The Kier molecular flexibility index (Phi) is 4.64.